The second-order valence-electron chi connectivity index (χ2n) is 5.20. The predicted molar refractivity (Wildman–Crippen MR) is 82.6 cm³/mol. The van der Waals surface area contributed by atoms with Crippen molar-refractivity contribution in [2.24, 2.45) is 0 Å². The smallest absolute Gasteiger partial charge is 0.198 e. The molecular weight excluding hydrogens is 266 g/mol. The van der Waals surface area contributed by atoms with Crippen molar-refractivity contribution in [2.75, 3.05) is 18.5 Å². The van der Waals surface area contributed by atoms with Crippen molar-refractivity contribution >= 4 is 23.4 Å². The molecule has 1 unspecified atom stereocenters. The Balaban J connectivity index is 1.98. The molecule has 0 aliphatic carbocycles. The SMILES string of the molecule is CN1CC2c3ccccc3Sc3ccccc3N2C1=N. The van der Waals surface area contributed by atoms with Gasteiger partial charge in [-0.1, -0.05) is 42.1 Å². The van der Waals surface area contributed by atoms with Crippen LogP contribution in [0.1, 0.15) is 11.6 Å². The number of hydrogen-bond donors (Lipinski definition) is 1. The molecule has 20 heavy (non-hydrogen) atoms. The van der Waals surface area contributed by atoms with E-state index in [1.54, 1.807) is 11.8 Å². The molecule has 2 heterocycles. The highest BCUT2D eigenvalue weighted by atomic mass is 32.2. The Morgan fingerprint density at radius 1 is 1.05 bits per heavy atom. The number of nitrogens with zero attached hydrogens (tertiary/aromatic N) is 2. The summed E-state index contributed by atoms with van der Waals surface area (Å²) < 4.78 is 0. The average molecular weight is 281 g/mol. The van der Waals surface area contributed by atoms with Gasteiger partial charge in [-0.05, 0) is 23.8 Å². The number of fused-ring (bicyclic) bond motifs is 5. The number of rotatable bonds is 0. The minimum absolute atomic E-state index is 0.236. The molecule has 0 amide bonds. The van der Waals surface area contributed by atoms with E-state index in [-0.39, 0.29) is 6.04 Å². The van der Waals surface area contributed by atoms with Gasteiger partial charge in [0.1, 0.15) is 0 Å². The Hall–Kier alpha value is -1.94. The number of hydrogen-bond acceptors (Lipinski definition) is 2. The molecule has 4 rings (SSSR count). The summed E-state index contributed by atoms with van der Waals surface area (Å²) in [4.78, 5) is 6.71. The molecule has 2 aliphatic heterocycles. The van der Waals surface area contributed by atoms with Gasteiger partial charge in [-0.25, -0.2) is 0 Å². The number of likely N-dealkylation sites (N-methyl/N-ethyl adjacent to an activating group) is 1. The summed E-state index contributed by atoms with van der Waals surface area (Å²) in [6.07, 6.45) is 0. The highest BCUT2D eigenvalue weighted by Crippen LogP contribution is 2.47. The molecule has 100 valence electrons. The predicted octanol–water partition coefficient (Wildman–Crippen LogP) is 3.58. The summed E-state index contributed by atoms with van der Waals surface area (Å²) >= 11 is 1.81. The summed E-state index contributed by atoms with van der Waals surface area (Å²) in [6, 6.07) is 17.2. The number of benzene rings is 2. The van der Waals surface area contributed by atoms with Gasteiger partial charge >= 0.3 is 0 Å². The quantitative estimate of drug-likeness (QED) is 0.800. The van der Waals surface area contributed by atoms with Crippen LogP contribution in [0.2, 0.25) is 0 Å². The van der Waals surface area contributed by atoms with E-state index in [1.807, 2.05) is 11.9 Å². The maximum absolute atomic E-state index is 8.39. The van der Waals surface area contributed by atoms with Crippen LogP contribution in [0.25, 0.3) is 0 Å². The van der Waals surface area contributed by atoms with Gasteiger partial charge in [0.2, 0.25) is 0 Å². The van der Waals surface area contributed by atoms with Gasteiger partial charge in [0.15, 0.2) is 5.96 Å². The maximum Gasteiger partial charge on any atom is 0.198 e. The van der Waals surface area contributed by atoms with Crippen molar-refractivity contribution in [3.05, 3.63) is 54.1 Å². The van der Waals surface area contributed by atoms with Gasteiger partial charge in [0.25, 0.3) is 0 Å². The minimum atomic E-state index is 0.236. The maximum atomic E-state index is 8.39. The van der Waals surface area contributed by atoms with Gasteiger partial charge in [-0.2, -0.15) is 0 Å². The number of guanidine groups is 1. The summed E-state index contributed by atoms with van der Waals surface area (Å²) in [5, 5.41) is 8.39. The molecule has 0 spiro atoms. The molecule has 1 saturated heterocycles. The molecule has 1 fully saturated rings. The third-order valence-corrected chi connectivity index (χ3v) is 5.13. The van der Waals surface area contributed by atoms with Crippen molar-refractivity contribution in [1.82, 2.24) is 4.90 Å². The molecule has 0 aromatic heterocycles. The minimum Gasteiger partial charge on any atom is -0.343 e. The summed E-state index contributed by atoms with van der Waals surface area (Å²) in [7, 11) is 2.00. The van der Waals surface area contributed by atoms with Crippen molar-refractivity contribution in [2.45, 2.75) is 15.8 Å². The average Bonchev–Trinajstić information content (AvgIpc) is 2.68. The third-order valence-electron chi connectivity index (χ3n) is 3.97. The molecule has 1 atom stereocenters. The van der Waals surface area contributed by atoms with Crippen molar-refractivity contribution in [3.63, 3.8) is 0 Å². The van der Waals surface area contributed by atoms with Crippen LogP contribution in [-0.4, -0.2) is 24.5 Å². The standard InChI is InChI=1S/C16H15N3S/c1-18-10-13-11-6-2-4-8-14(11)20-15-9-5-3-7-12(15)19(13)16(18)17/h2-9,13,17H,10H2,1H3. The zero-order chi connectivity index (χ0) is 13.7. The van der Waals surface area contributed by atoms with E-state index in [2.05, 4.69) is 53.4 Å². The van der Waals surface area contributed by atoms with Crippen LogP contribution in [0.5, 0.6) is 0 Å². The van der Waals surface area contributed by atoms with Crippen molar-refractivity contribution in [3.8, 4) is 0 Å². The Morgan fingerprint density at radius 2 is 1.75 bits per heavy atom. The van der Waals surface area contributed by atoms with E-state index in [0.29, 0.717) is 5.96 Å². The Labute approximate surface area is 122 Å². The van der Waals surface area contributed by atoms with Crippen LogP contribution in [0.15, 0.2) is 58.3 Å². The second-order valence-corrected chi connectivity index (χ2v) is 6.28. The molecule has 3 nitrogen and oxygen atoms in total. The Bertz CT molecular complexity index is 698. The normalized spacial score (nSPS) is 20.2. The van der Waals surface area contributed by atoms with Gasteiger partial charge in [-0.15, -0.1) is 0 Å². The van der Waals surface area contributed by atoms with E-state index in [0.717, 1.165) is 12.2 Å². The number of anilines is 1. The first kappa shape index (κ1) is 11.9. The molecule has 1 N–H and O–H groups in total. The van der Waals surface area contributed by atoms with Gasteiger partial charge in [-0.3, -0.25) is 5.41 Å². The van der Waals surface area contributed by atoms with Crippen LogP contribution < -0.4 is 4.90 Å². The van der Waals surface area contributed by atoms with Crippen LogP contribution in [0.3, 0.4) is 0 Å². The molecule has 2 aromatic rings. The van der Waals surface area contributed by atoms with E-state index in [1.165, 1.54) is 15.4 Å². The van der Waals surface area contributed by atoms with Crippen LogP contribution in [0, 0.1) is 5.41 Å². The zero-order valence-electron chi connectivity index (χ0n) is 11.2. The molecule has 2 aromatic carbocycles. The first-order valence-corrected chi connectivity index (χ1v) is 7.52. The lowest BCUT2D eigenvalue weighted by Gasteiger charge is -2.24. The Kier molecular flexibility index (Phi) is 2.54. The van der Waals surface area contributed by atoms with E-state index < -0.39 is 0 Å². The lowest BCUT2D eigenvalue weighted by atomic mass is 10.1. The lowest BCUT2D eigenvalue weighted by molar-refractivity contribution is 0.516. The van der Waals surface area contributed by atoms with Crippen molar-refractivity contribution in [1.29, 1.82) is 5.41 Å². The monoisotopic (exact) mass is 281 g/mol. The first-order valence-electron chi connectivity index (χ1n) is 6.70. The van der Waals surface area contributed by atoms with Gasteiger partial charge in [0.05, 0.1) is 11.7 Å². The fraction of sp³-hybridized carbons (Fsp3) is 0.188. The fourth-order valence-corrected chi connectivity index (χ4v) is 4.11. The number of para-hydroxylation sites is 1. The molecule has 0 saturated carbocycles. The Morgan fingerprint density at radius 3 is 2.60 bits per heavy atom. The lowest BCUT2D eigenvalue weighted by Crippen LogP contribution is -2.31. The summed E-state index contributed by atoms with van der Waals surface area (Å²) in [5.74, 6) is 0.583. The van der Waals surface area contributed by atoms with Crippen LogP contribution >= 0.6 is 11.8 Å². The highest BCUT2D eigenvalue weighted by molar-refractivity contribution is 7.99. The van der Waals surface area contributed by atoms with E-state index >= 15 is 0 Å². The second kappa shape index (κ2) is 4.28. The highest BCUT2D eigenvalue weighted by Gasteiger charge is 2.38. The molecular formula is C16H15N3S. The van der Waals surface area contributed by atoms with Gasteiger partial charge in [0, 0.05) is 23.4 Å². The summed E-state index contributed by atoms with van der Waals surface area (Å²) in [5.41, 5.74) is 2.47. The van der Waals surface area contributed by atoms with Gasteiger partial charge < -0.3 is 9.80 Å². The topological polar surface area (TPSA) is 30.3 Å². The summed E-state index contributed by atoms with van der Waals surface area (Å²) in [6.45, 7) is 0.866. The largest absolute Gasteiger partial charge is 0.343 e. The molecule has 0 bridgehead atoms. The van der Waals surface area contributed by atoms with E-state index in [4.69, 9.17) is 5.41 Å². The van der Waals surface area contributed by atoms with Crippen LogP contribution in [0.4, 0.5) is 5.69 Å². The molecule has 0 radical (unpaired) electrons. The molecule has 4 heteroatoms. The van der Waals surface area contributed by atoms with Crippen molar-refractivity contribution < 1.29 is 0 Å². The molecule has 2 aliphatic rings. The fourth-order valence-electron chi connectivity index (χ4n) is 2.99. The van der Waals surface area contributed by atoms with Crippen LogP contribution in [-0.2, 0) is 0 Å². The first-order chi connectivity index (χ1) is 9.75. The van der Waals surface area contributed by atoms with E-state index in [9.17, 15) is 0 Å². The zero-order valence-corrected chi connectivity index (χ0v) is 12.0. The third kappa shape index (κ3) is 1.58. The number of nitrogens with one attached hydrogen (secondary N) is 1.